The van der Waals surface area contributed by atoms with E-state index in [0.717, 1.165) is 36.7 Å². The van der Waals surface area contributed by atoms with Crippen molar-refractivity contribution in [1.82, 2.24) is 20.3 Å². The molecule has 0 amide bonds. The summed E-state index contributed by atoms with van der Waals surface area (Å²) in [5.41, 5.74) is 3.30. The van der Waals surface area contributed by atoms with Crippen molar-refractivity contribution in [1.29, 1.82) is 0 Å². The summed E-state index contributed by atoms with van der Waals surface area (Å²) in [7, 11) is 0. The van der Waals surface area contributed by atoms with Crippen molar-refractivity contribution in [2.24, 2.45) is 5.92 Å². The molecule has 0 aliphatic carbocycles. The molecule has 3 rings (SSSR count). The van der Waals surface area contributed by atoms with Crippen LogP contribution in [0.4, 0.5) is 5.82 Å². The van der Waals surface area contributed by atoms with Gasteiger partial charge < -0.3 is 10.6 Å². The van der Waals surface area contributed by atoms with Gasteiger partial charge in [0.05, 0.1) is 30.3 Å². The molecule has 1 unspecified atom stereocenters. The number of rotatable bonds is 5. The van der Waals surface area contributed by atoms with Gasteiger partial charge in [-0.3, -0.25) is 9.97 Å². The van der Waals surface area contributed by atoms with Crippen LogP contribution < -0.4 is 10.6 Å². The number of hydrogen-bond donors (Lipinski definition) is 2. The Morgan fingerprint density at radius 2 is 2.23 bits per heavy atom. The Morgan fingerprint density at radius 1 is 1.27 bits per heavy atom. The first-order valence-corrected chi connectivity index (χ1v) is 7.97. The highest BCUT2D eigenvalue weighted by Crippen LogP contribution is 2.15. The van der Waals surface area contributed by atoms with Gasteiger partial charge in [0.1, 0.15) is 5.82 Å². The molecule has 1 aliphatic rings. The van der Waals surface area contributed by atoms with Crippen molar-refractivity contribution in [2.45, 2.75) is 32.7 Å². The summed E-state index contributed by atoms with van der Waals surface area (Å²) in [6.45, 7) is 4.99. The van der Waals surface area contributed by atoms with E-state index in [-0.39, 0.29) is 0 Å². The molecule has 1 saturated heterocycles. The number of piperidine rings is 1. The molecule has 3 heterocycles. The predicted octanol–water partition coefficient (Wildman–Crippen LogP) is 2.33. The van der Waals surface area contributed by atoms with Crippen molar-refractivity contribution in [3.8, 4) is 0 Å². The third kappa shape index (κ3) is 4.01. The quantitative estimate of drug-likeness (QED) is 0.887. The molecule has 0 aromatic carbocycles. The first-order chi connectivity index (χ1) is 10.8. The number of hydrogen-bond acceptors (Lipinski definition) is 5. The molecule has 2 aromatic rings. The van der Waals surface area contributed by atoms with Gasteiger partial charge in [-0.15, -0.1) is 0 Å². The zero-order valence-corrected chi connectivity index (χ0v) is 13.0. The molecule has 5 heteroatoms. The van der Waals surface area contributed by atoms with Crippen LogP contribution in [0.15, 0.2) is 30.7 Å². The Labute approximate surface area is 131 Å². The summed E-state index contributed by atoms with van der Waals surface area (Å²) in [5.74, 6) is 1.49. The standard InChI is InChI=1S/C17H23N5/c1-13-4-2-7-19-16(13)11-22-17-12-20-15(10-21-17)8-14-5-3-6-18-9-14/h2,4,7,10,12,14,18H,3,5-6,8-9,11H2,1H3,(H,21,22). The number of pyridine rings is 1. The lowest BCUT2D eigenvalue weighted by Crippen LogP contribution is -2.31. The van der Waals surface area contributed by atoms with Crippen LogP contribution in [0.25, 0.3) is 0 Å². The van der Waals surface area contributed by atoms with E-state index >= 15 is 0 Å². The molecule has 0 spiro atoms. The summed E-state index contributed by atoms with van der Waals surface area (Å²) in [5, 5.41) is 6.73. The largest absolute Gasteiger partial charge is 0.363 e. The summed E-state index contributed by atoms with van der Waals surface area (Å²) >= 11 is 0. The minimum Gasteiger partial charge on any atom is -0.363 e. The molecule has 0 saturated carbocycles. The fraction of sp³-hybridized carbons (Fsp3) is 0.471. The SMILES string of the molecule is Cc1cccnc1CNc1cnc(CC2CCCNC2)cn1. The van der Waals surface area contributed by atoms with Crippen molar-refractivity contribution >= 4 is 5.82 Å². The van der Waals surface area contributed by atoms with Gasteiger partial charge in [0.25, 0.3) is 0 Å². The van der Waals surface area contributed by atoms with Crippen molar-refractivity contribution in [3.63, 3.8) is 0 Å². The van der Waals surface area contributed by atoms with Crippen molar-refractivity contribution < 1.29 is 0 Å². The average Bonchev–Trinajstić information content (AvgIpc) is 2.56. The second-order valence-electron chi connectivity index (χ2n) is 5.93. The van der Waals surface area contributed by atoms with E-state index in [9.17, 15) is 0 Å². The maximum atomic E-state index is 4.53. The highest BCUT2D eigenvalue weighted by molar-refractivity contribution is 5.33. The van der Waals surface area contributed by atoms with E-state index in [4.69, 9.17) is 0 Å². The Morgan fingerprint density at radius 3 is 2.95 bits per heavy atom. The lowest BCUT2D eigenvalue weighted by Gasteiger charge is -2.22. The van der Waals surface area contributed by atoms with Crippen LogP contribution in [0.5, 0.6) is 0 Å². The van der Waals surface area contributed by atoms with Crippen LogP contribution in [-0.2, 0) is 13.0 Å². The number of aryl methyl sites for hydroxylation is 1. The third-order valence-corrected chi connectivity index (χ3v) is 4.16. The molecule has 22 heavy (non-hydrogen) atoms. The first kappa shape index (κ1) is 14.9. The van der Waals surface area contributed by atoms with Gasteiger partial charge >= 0.3 is 0 Å². The van der Waals surface area contributed by atoms with Gasteiger partial charge in [0, 0.05) is 6.20 Å². The zero-order valence-electron chi connectivity index (χ0n) is 13.0. The summed E-state index contributed by atoms with van der Waals surface area (Å²) in [6, 6.07) is 4.02. The van der Waals surface area contributed by atoms with E-state index in [2.05, 4.69) is 38.6 Å². The van der Waals surface area contributed by atoms with Crippen LogP contribution >= 0.6 is 0 Å². The minimum absolute atomic E-state index is 0.674. The van der Waals surface area contributed by atoms with Crippen LogP contribution in [-0.4, -0.2) is 28.0 Å². The van der Waals surface area contributed by atoms with Crippen LogP contribution in [0.3, 0.4) is 0 Å². The molecular weight excluding hydrogens is 274 g/mol. The summed E-state index contributed by atoms with van der Waals surface area (Å²) in [6.07, 6.45) is 9.09. The van der Waals surface area contributed by atoms with E-state index < -0.39 is 0 Å². The van der Waals surface area contributed by atoms with Gasteiger partial charge in [0.2, 0.25) is 0 Å². The van der Waals surface area contributed by atoms with E-state index in [1.54, 1.807) is 0 Å². The maximum absolute atomic E-state index is 4.53. The maximum Gasteiger partial charge on any atom is 0.144 e. The minimum atomic E-state index is 0.674. The molecule has 116 valence electrons. The van der Waals surface area contributed by atoms with Gasteiger partial charge in [-0.25, -0.2) is 4.98 Å². The molecule has 0 bridgehead atoms. The lowest BCUT2D eigenvalue weighted by atomic mass is 9.95. The molecular formula is C17H23N5. The molecule has 2 aromatic heterocycles. The molecule has 2 N–H and O–H groups in total. The van der Waals surface area contributed by atoms with Gasteiger partial charge in [-0.2, -0.15) is 0 Å². The van der Waals surface area contributed by atoms with Crippen molar-refractivity contribution in [2.75, 3.05) is 18.4 Å². The van der Waals surface area contributed by atoms with Gasteiger partial charge in [0.15, 0.2) is 0 Å². The number of anilines is 1. The monoisotopic (exact) mass is 297 g/mol. The lowest BCUT2D eigenvalue weighted by molar-refractivity contribution is 0.373. The van der Waals surface area contributed by atoms with E-state index in [1.165, 1.54) is 18.4 Å². The topological polar surface area (TPSA) is 62.7 Å². The smallest absolute Gasteiger partial charge is 0.144 e. The fourth-order valence-corrected chi connectivity index (χ4v) is 2.82. The van der Waals surface area contributed by atoms with Crippen LogP contribution in [0.1, 0.15) is 29.8 Å². The molecule has 1 atom stereocenters. The number of nitrogens with one attached hydrogen (secondary N) is 2. The Kier molecular flexibility index (Phi) is 4.96. The summed E-state index contributed by atoms with van der Waals surface area (Å²) < 4.78 is 0. The number of nitrogens with zero attached hydrogens (tertiary/aromatic N) is 3. The number of aromatic nitrogens is 3. The van der Waals surface area contributed by atoms with E-state index in [0.29, 0.717) is 12.5 Å². The first-order valence-electron chi connectivity index (χ1n) is 7.97. The molecule has 0 radical (unpaired) electrons. The molecule has 1 fully saturated rings. The second-order valence-corrected chi connectivity index (χ2v) is 5.93. The summed E-state index contributed by atoms with van der Waals surface area (Å²) in [4.78, 5) is 13.4. The average molecular weight is 297 g/mol. The van der Waals surface area contributed by atoms with Gasteiger partial charge in [-0.1, -0.05) is 6.07 Å². The Balaban J connectivity index is 1.54. The normalized spacial score (nSPS) is 18.1. The zero-order chi connectivity index (χ0) is 15.2. The highest BCUT2D eigenvalue weighted by atomic mass is 15.0. The molecule has 5 nitrogen and oxygen atoms in total. The Hall–Kier alpha value is -2.01. The van der Waals surface area contributed by atoms with Crippen LogP contribution in [0.2, 0.25) is 0 Å². The predicted molar refractivity (Wildman–Crippen MR) is 87.6 cm³/mol. The van der Waals surface area contributed by atoms with E-state index in [1.807, 2.05) is 24.7 Å². The Bertz CT molecular complexity index is 590. The highest BCUT2D eigenvalue weighted by Gasteiger charge is 2.14. The van der Waals surface area contributed by atoms with Crippen LogP contribution in [0, 0.1) is 12.8 Å². The second kappa shape index (κ2) is 7.31. The van der Waals surface area contributed by atoms with Gasteiger partial charge in [-0.05, 0) is 56.8 Å². The third-order valence-electron chi connectivity index (χ3n) is 4.16. The fourth-order valence-electron chi connectivity index (χ4n) is 2.82. The van der Waals surface area contributed by atoms with Crippen molar-refractivity contribution in [3.05, 3.63) is 47.7 Å². The molecule has 1 aliphatic heterocycles.